The lowest BCUT2D eigenvalue weighted by Gasteiger charge is -2.23. The molecule has 1 fully saturated rings. The highest BCUT2D eigenvalue weighted by Gasteiger charge is 2.44. The molecule has 0 aliphatic heterocycles. The third-order valence-corrected chi connectivity index (χ3v) is 3.98. The number of benzene rings is 1. The van der Waals surface area contributed by atoms with E-state index in [1.807, 2.05) is 0 Å². The SMILES string of the molecule is CC(N)(C(=O)Nc1ccc([N+](=O)[O-])cc1Br)C1CC1. The van der Waals surface area contributed by atoms with E-state index in [2.05, 4.69) is 21.2 Å². The molecule has 3 N–H and O–H groups in total. The van der Waals surface area contributed by atoms with Gasteiger partial charge in [0.15, 0.2) is 0 Å². The molecule has 1 aromatic carbocycles. The van der Waals surface area contributed by atoms with E-state index in [0.29, 0.717) is 10.2 Å². The van der Waals surface area contributed by atoms with Crippen LogP contribution in [0.2, 0.25) is 0 Å². The molecule has 1 amide bonds. The predicted octanol–water partition coefficient (Wildman–Crippen LogP) is 2.42. The number of halogens is 1. The van der Waals surface area contributed by atoms with E-state index in [9.17, 15) is 14.9 Å². The highest BCUT2D eigenvalue weighted by Crippen LogP contribution is 2.39. The van der Waals surface area contributed by atoms with Gasteiger partial charge in [0.2, 0.25) is 5.91 Å². The Morgan fingerprint density at radius 2 is 2.21 bits per heavy atom. The molecule has 1 aliphatic rings. The molecule has 1 aliphatic carbocycles. The molecule has 0 aromatic heterocycles. The molecule has 0 heterocycles. The first kappa shape index (κ1) is 14.0. The number of nitrogens with two attached hydrogens (primary N) is 1. The molecular weight excluding hydrogens is 314 g/mol. The van der Waals surface area contributed by atoms with Crippen molar-refractivity contribution in [3.05, 3.63) is 32.8 Å². The Labute approximate surface area is 118 Å². The summed E-state index contributed by atoms with van der Waals surface area (Å²) in [7, 11) is 0. The Morgan fingerprint density at radius 1 is 1.58 bits per heavy atom. The zero-order chi connectivity index (χ0) is 14.2. The number of carbonyl (C=O) groups excluding carboxylic acids is 1. The van der Waals surface area contributed by atoms with Crippen LogP contribution in [0.25, 0.3) is 0 Å². The van der Waals surface area contributed by atoms with Crippen LogP contribution in [0.3, 0.4) is 0 Å². The topological polar surface area (TPSA) is 98.3 Å². The summed E-state index contributed by atoms with van der Waals surface area (Å²) >= 11 is 3.20. The first-order chi connectivity index (χ1) is 8.82. The molecular formula is C12H14BrN3O3. The van der Waals surface area contributed by atoms with Gasteiger partial charge in [-0.25, -0.2) is 0 Å². The summed E-state index contributed by atoms with van der Waals surface area (Å²) in [6.07, 6.45) is 1.92. The minimum Gasteiger partial charge on any atom is -0.323 e. The maximum atomic E-state index is 12.1. The Morgan fingerprint density at radius 3 is 2.68 bits per heavy atom. The summed E-state index contributed by atoms with van der Waals surface area (Å²) in [5, 5.41) is 13.3. The quantitative estimate of drug-likeness (QED) is 0.655. The van der Waals surface area contributed by atoms with Crippen molar-refractivity contribution in [2.24, 2.45) is 11.7 Å². The van der Waals surface area contributed by atoms with Crippen LogP contribution in [-0.4, -0.2) is 16.4 Å². The summed E-state index contributed by atoms with van der Waals surface area (Å²) in [5.41, 5.74) is 5.54. The van der Waals surface area contributed by atoms with Crippen molar-refractivity contribution >= 4 is 33.2 Å². The molecule has 0 bridgehead atoms. The zero-order valence-electron chi connectivity index (χ0n) is 10.4. The zero-order valence-corrected chi connectivity index (χ0v) is 11.9. The average Bonchev–Trinajstić information content (AvgIpc) is 3.15. The summed E-state index contributed by atoms with van der Waals surface area (Å²) in [6.45, 7) is 1.71. The summed E-state index contributed by atoms with van der Waals surface area (Å²) in [6, 6.07) is 4.18. The summed E-state index contributed by atoms with van der Waals surface area (Å²) in [4.78, 5) is 22.2. The predicted molar refractivity (Wildman–Crippen MR) is 74.7 cm³/mol. The fraction of sp³-hybridized carbons (Fsp3) is 0.417. The lowest BCUT2D eigenvalue weighted by atomic mass is 9.96. The number of non-ortho nitro benzene ring substituents is 1. The van der Waals surface area contributed by atoms with Gasteiger partial charge in [-0.05, 0) is 47.7 Å². The van der Waals surface area contributed by atoms with Crippen LogP contribution >= 0.6 is 15.9 Å². The van der Waals surface area contributed by atoms with Crippen molar-refractivity contribution in [3.8, 4) is 0 Å². The van der Waals surface area contributed by atoms with Crippen LogP contribution in [0, 0.1) is 16.0 Å². The number of anilines is 1. The van der Waals surface area contributed by atoms with E-state index < -0.39 is 10.5 Å². The van der Waals surface area contributed by atoms with Crippen molar-refractivity contribution in [2.75, 3.05) is 5.32 Å². The second kappa shape index (κ2) is 4.90. The van der Waals surface area contributed by atoms with Gasteiger partial charge in [0, 0.05) is 16.6 Å². The third-order valence-electron chi connectivity index (χ3n) is 3.33. The number of nitrogens with zero attached hydrogens (tertiary/aromatic N) is 1. The van der Waals surface area contributed by atoms with E-state index in [1.165, 1.54) is 18.2 Å². The minimum atomic E-state index is -0.902. The molecule has 1 atom stereocenters. The first-order valence-corrected chi connectivity index (χ1v) is 6.66. The van der Waals surface area contributed by atoms with Crippen LogP contribution < -0.4 is 11.1 Å². The fourth-order valence-corrected chi connectivity index (χ4v) is 2.31. The van der Waals surface area contributed by atoms with E-state index in [0.717, 1.165) is 12.8 Å². The van der Waals surface area contributed by atoms with Gasteiger partial charge in [0.25, 0.3) is 5.69 Å². The fourth-order valence-electron chi connectivity index (χ4n) is 1.84. The standard InChI is InChI=1S/C12H14BrN3O3/c1-12(14,7-2-3-7)11(17)15-10-5-4-8(16(18)19)6-9(10)13/h4-7H,2-3,14H2,1H3,(H,15,17). The molecule has 1 aromatic rings. The smallest absolute Gasteiger partial charge is 0.270 e. The van der Waals surface area contributed by atoms with E-state index in [1.54, 1.807) is 6.92 Å². The summed E-state index contributed by atoms with van der Waals surface area (Å²) < 4.78 is 0.460. The van der Waals surface area contributed by atoms with Crippen molar-refractivity contribution in [1.82, 2.24) is 0 Å². The van der Waals surface area contributed by atoms with Gasteiger partial charge in [-0.3, -0.25) is 14.9 Å². The van der Waals surface area contributed by atoms with Crippen molar-refractivity contribution in [3.63, 3.8) is 0 Å². The maximum absolute atomic E-state index is 12.1. The molecule has 7 heteroatoms. The van der Waals surface area contributed by atoms with Gasteiger partial charge >= 0.3 is 0 Å². The lowest BCUT2D eigenvalue weighted by Crippen LogP contribution is -2.50. The molecule has 19 heavy (non-hydrogen) atoms. The minimum absolute atomic E-state index is 0.0393. The van der Waals surface area contributed by atoms with Gasteiger partial charge in [-0.2, -0.15) is 0 Å². The first-order valence-electron chi connectivity index (χ1n) is 5.86. The molecule has 0 radical (unpaired) electrons. The monoisotopic (exact) mass is 327 g/mol. The number of amides is 1. The van der Waals surface area contributed by atoms with Gasteiger partial charge in [-0.15, -0.1) is 0 Å². The summed E-state index contributed by atoms with van der Waals surface area (Å²) in [5.74, 6) is -0.0612. The molecule has 1 unspecified atom stereocenters. The number of hydrogen-bond acceptors (Lipinski definition) is 4. The van der Waals surface area contributed by atoms with Gasteiger partial charge in [0.1, 0.15) is 0 Å². The second-order valence-corrected chi connectivity index (χ2v) is 5.79. The van der Waals surface area contributed by atoms with Crippen LogP contribution in [0.4, 0.5) is 11.4 Å². The van der Waals surface area contributed by atoms with E-state index >= 15 is 0 Å². The number of carbonyl (C=O) groups is 1. The molecule has 102 valence electrons. The third kappa shape index (κ3) is 2.93. The number of nitrogens with one attached hydrogen (secondary N) is 1. The Bertz CT molecular complexity index is 541. The Balaban J connectivity index is 2.15. The van der Waals surface area contributed by atoms with Crippen LogP contribution in [0.15, 0.2) is 22.7 Å². The molecule has 1 saturated carbocycles. The normalized spacial score (nSPS) is 17.6. The second-order valence-electron chi connectivity index (χ2n) is 4.93. The molecule has 6 nitrogen and oxygen atoms in total. The molecule has 2 rings (SSSR count). The number of nitro groups is 1. The Hall–Kier alpha value is -1.47. The van der Waals surface area contributed by atoms with Gasteiger partial charge in [-0.1, -0.05) is 0 Å². The molecule has 0 spiro atoms. The van der Waals surface area contributed by atoms with Crippen molar-refractivity contribution in [2.45, 2.75) is 25.3 Å². The van der Waals surface area contributed by atoms with Crippen LogP contribution in [0.1, 0.15) is 19.8 Å². The number of nitro benzene ring substituents is 1. The van der Waals surface area contributed by atoms with Gasteiger partial charge in [0.05, 0.1) is 16.1 Å². The van der Waals surface area contributed by atoms with Crippen LogP contribution in [-0.2, 0) is 4.79 Å². The average molecular weight is 328 g/mol. The highest BCUT2D eigenvalue weighted by atomic mass is 79.9. The molecule has 0 saturated heterocycles. The largest absolute Gasteiger partial charge is 0.323 e. The van der Waals surface area contributed by atoms with Crippen LogP contribution in [0.5, 0.6) is 0 Å². The number of hydrogen-bond donors (Lipinski definition) is 2. The van der Waals surface area contributed by atoms with E-state index in [4.69, 9.17) is 5.73 Å². The van der Waals surface area contributed by atoms with Crippen molar-refractivity contribution < 1.29 is 9.72 Å². The van der Waals surface area contributed by atoms with Crippen molar-refractivity contribution in [1.29, 1.82) is 0 Å². The highest BCUT2D eigenvalue weighted by molar-refractivity contribution is 9.10. The number of rotatable bonds is 4. The van der Waals surface area contributed by atoms with E-state index in [-0.39, 0.29) is 17.5 Å². The maximum Gasteiger partial charge on any atom is 0.270 e. The lowest BCUT2D eigenvalue weighted by molar-refractivity contribution is -0.384. The van der Waals surface area contributed by atoms with Gasteiger partial charge < -0.3 is 11.1 Å². The Kier molecular flexibility index (Phi) is 3.60.